The minimum Gasteiger partial charge on any atom is -0.496 e. The van der Waals surface area contributed by atoms with Gasteiger partial charge in [0.05, 0.1) is 7.11 Å². The average molecular weight is 366 g/mol. The van der Waals surface area contributed by atoms with Gasteiger partial charge in [0.15, 0.2) is 5.65 Å². The standard InChI is InChI=1S/C21H26N4O2/c1-13-6-5-7-17(20(13)27-4)12-24-9-8-16(11-24)18-10-19-22-15(3)14(2)21(26)25(19)23-18/h5-7,10,16,23H,8-9,11-12H2,1-4H3. The molecule has 3 aromatic rings. The number of ether oxygens (including phenoxy) is 1. The van der Waals surface area contributed by atoms with Gasteiger partial charge in [-0.2, -0.15) is 0 Å². The van der Waals surface area contributed by atoms with Crippen LogP contribution in [0.25, 0.3) is 5.65 Å². The van der Waals surface area contributed by atoms with Crippen LogP contribution in [0.2, 0.25) is 0 Å². The Labute approximate surface area is 158 Å². The van der Waals surface area contributed by atoms with Crippen LogP contribution >= 0.6 is 0 Å². The predicted molar refractivity (Wildman–Crippen MR) is 106 cm³/mol. The summed E-state index contributed by atoms with van der Waals surface area (Å²) in [7, 11) is 1.73. The smallest absolute Gasteiger partial charge is 0.275 e. The summed E-state index contributed by atoms with van der Waals surface area (Å²) < 4.78 is 7.17. The fourth-order valence-electron chi connectivity index (χ4n) is 4.05. The second-order valence-corrected chi connectivity index (χ2v) is 7.52. The monoisotopic (exact) mass is 366 g/mol. The van der Waals surface area contributed by atoms with E-state index in [1.54, 1.807) is 11.6 Å². The zero-order chi connectivity index (χ0) is 19.1. The molecule has 1 aromatic carbocycles. The molecule has 1 unspecified atom stereocenters. The minimum absolute atomic E-state index is 0.0110. The van der Waals surface area contributed by atoms with Crippen LogP contribution < -0.4 is 10.3 Å². The number of methoxy groups -OCH3 is 1. The lowest BCUT2D eigenvalue weighted by Crippen LogP contribution is -2.21. The quantitative estimate of drug-likeness (QED) is 0.771. The van der Waals surface area contributed by atoms with Crippen molar-refractivity contribution < 1.29 is 4.74 Å². The Hall–Kier alpha value is -2.60. The number of H-pyrrole nitrogens is 1. The van der Waals surface area contributed by atoms with Crippen LogP contribution in [0, 0.1) is 20.8 Å². The van der Waals surface area contributed by atoms with Gasteiger partial charge in [-0.1, -0.05) is 18.2 Å². The molecular formula is C21H26N4O2. The van der Waals surface area contributed by atoms with Crippen molar-refractivity contribution in [3.05, 3.63) is 62.7 Å². The van der Waals surface area contributed by atoms with Gasteiger partial charge in [0.2, 0.25) is 0 Å². The van der Waals surface area contributed by atoms with Crippen LogP contribution in [0.15, 0.2) is 29.1 Å². The summed E-state index contributed by atoms with van der Waals surface area (Å²) in [5.41, 5.74) is 5.66. The number of aromatic amines is 1. The van der Waals surface area contributed by atoms with E-state index in [0.29, 0.717) is 17.1 Å². The van der Waals surface area contributed by atoms with E-state index in [2.05, 4.69) is 40.1 Å². The highest BCUT2D eigenvalue weighted by atomic mass is 16.5. The second-order valence-electron chi connectivity index (χ2n) is 7.52. The third kappa shape index (κ3) is 3.14. The highest BCUT2D eigenvalue weighted by Gasteiger charge is 2.26. The Bertz CT molecular complexity index is 1050. The Morgan fingerprint density at radius 2 is 2.11 bits per heavy atom. The van der Waals surface area contributed by atoms with Crippen molar-refractivity contribution in [3.63, 3.8) is 0 Å². The van der Waals surface area contributed by atoms with Crippen molar-refractivity contribution in [3.8, 4) is 5.75 Å². The highest BCUT2D eigenvalue weighted by molar-refractivity contribution is 5.43. The first-order valence-electron chi connectivity index (χ1n) is 9.41. The van der Waals surface area contributed by atoms with Gasteiger partial charge in [0, 0.05) is 47.6 Å². The van der Waals surface area contributed by atoms with Crippen LogP contribution in [-0.2, 0) is 6.54 Å². The van der Waals surface area contributed by atoms with Gasteiger partial charge in [-0.25, -0.2) is 9.50 Å². The molecule has 0 radical (unpaired) electrons. The fourth-order valence-corrected chi connectivity index (χ4v) is 4.05. The first-order chi connectivity index (χ1) is 13.0. The molecule has 0 spiro atoms. The molecule has 3 heterocycles. The average Bonchev–Trinajstić information content (AvgIpc) is 3.27. The third-order valence-electron chi connectivity index (χ3n) is 5.71. The third-order valence-corrected chi connectivity index (χ3v) is 5.71. The maximum Gasteiger partial charge on any atom is 0.275 e. The van der Waals surface area contributed by atoms with Crippen molar-refractivity contribution in [2.75, 3.05) is 20.2 Å². The molecule has 6 nitrogen and oxygen atoms in total. The molecule has 2 aromatic heterocycles. The molecule has 1 fully saturated rings. The van der Waals surface area contributed by atoms with Crippen molar-refractivity contribution in [2.24, 2.45) is 0 Å². The Morgan fingerprint density at radius 1 is 1.30 bits per heavy atom. The Kier molecular flexibility index (Phi) is 4.52. The van der Waals surface area contributed by atoms with E-state index in [4.69, 9.17) is 4.74 Å². The van der Waals surface area contributed by atoms with Gasteiger partial charge < -0.3 is 4.74 Å². The van der Waals surface area contributed by atoms with E-state index < -0.39 is 0 Å². The maximum atomic E-state index is 12.5. The van der Waals surface area contributed by atoms with Crippen LogP contribution in [0.4, 0.5) is 0 Å². The number of hydrogen-bond donors (Lipinski definition) is 1. The second kappa shape index (κ2) is 6.85. The minimum atomic E-state index is -0.0110. The van der Waals surface area contributed by atoms with E-state index in [-0.39, 0.29) is 5.56 Å². The van der Waals surface area contributed by atoms with Crippen molar-refractivity contribution >= 4 is 5.65 Å². The van der Waals surface area contributed by atoms with Crippen LogP contribution in [0.5, 0.6) is 5.75 Å². The summed E-state index contributed by atoms with van der Waals surface area (Å²) in [6.07, 6.45) is 1.06. The molecule has 0 aliphatic carbocycles. The van der Waals surface area contributed by atoms with Gasteiger partial charge in [-0.15, -0.1) is 0 Å². The molecule has 0 amide bonds. The molecule has 0 saturated carbocycles. The number of aromatic nitrogens is 3. The van der Waals surface area contributed by atoms with E-state index >= 15 is 0 Å². The SMILES string of the molecule is COc1c(C)cccc1CN1CCC(c2cc3nc(C)c(C)c(=O)n3[nH]2)C1. The van der Waals surface area contributed by atoms with E-state index in [1.165, 1.54) is 5.56 Å². The molecule has 142 valence electrons. The number of nitrogens with zero attached hydrogens (tertiary/aromatic N) is 3. The molecule has 27 heavy (non-hydrogen) atoms. The van der Waals surface area contributed by atoms with E-state index in [9.17, 15) is 4.79 Å². The van der Waals surface area contributed by atoms with Gasteiger partial charge in [0.25, 0.3) is 5.56 Å². The van der Waals surface area contributed by atoms with Crippen molar-refractivity contribution in [1.82, 2.24) is 19.5 Å². The number of para-hydroxylation sites is 1. The lowest BCUT2D eigenvalue weighted by Gasteiger charge is -2.18. The Morgan fingerprint density at radius 3 is 2.89 bits per heavy atom. The number of likely N-dealkylation sites (tertiary alicyclic amines) is 1. The topological polar surface area (TPSA) is 62.6 Å². The zero-order valence-corrected chi connectivity index (χ0v) is 16.4. The summed E-state index contributed by atoms with van der Waals surface area (Å²) in [5, 5.41) is 3.28. The van der Waals surface area contributed by atoms with E-state index in [1.807, 2.05) is 19.9 Å². The number of rotatable bonds is 4. The molecule has 1 aliphatic heterocycles. The summed E-state index contributed by atoms with van der Waals surface area (Å²) in [4.78, 5) is 19.4. The molecule has 6 heteroatoms. The molecule has 1 N–H and O–H groups in total. The number of fused-ring (bicyclic) bond motifs is 1. The first kappa shape index (κ1) is 17.8. The summed E-state index contributed by atoms with van der Waals surface area (Å²) in [6, 6.07) is 8.32. The number of hydrogen-bond acceptors (Lipinski definition) is 4. The lowest BCUT2D eigenvalue weighted by atomic mass is 10.1. The molecule has 1 aliphatic rings. The van der Waals surface area contributed by atoms with Crippen LogP contribution in [0.1, 0.15) is 40.4 Å². The predicted octanol–water partition coefficient (Wildman–Crippen LogP) is 2.95. The van der Waals surface area contributed by atoms with Crippen LogP contribution in [0.3, 0.4) is 0 Å². The molecule has 0 bridgehead atoms. The number of nitrogens with one attached hydrogen (secondary N) is 1. The number of aryl methyl sites for hydroxylation is 2. The summed E-state index contributed by atoms with van der Waals surface area (Å²) >= 11 is 0. The first-order valence-corrected chi connectivity index (χ1v) is 9.41. The largest absolute Gasteiger partial charge is 0.496 e. The molecule has 1 atom stereocenters. The van der Waals surface area contributed by atoms with Crippen molar-refractivity contribution in [2.45, 2.75) is 39.7 Å². The molecule has 4 rings (SSSR count). The van der Waals surface area contributed by atoms with Gasteiger partial charge >= 0.3 is 0 Å². The molecule has 1 saturated heterocycles. The lowest BCUT2D eigenvalue weighted by molar-refractivity contribution is 0.316. The highest BCUT2D eigenvalue weighted by Crippen LogP contribution is 2.30. The van der Waals surface area contributed by atoms with Gasteiger partial charge in [-0.05, 0) is 39.3 Å². The Balaban J connectivity index is 1.55. The van der Waals surface area contributed by atoms with Crippen LogP contribution in [-0.4, -0.2) is 39.7 Å². The fraction of sp³-hybridized carbons (Fsp3) is 0.429. The van der Waals surface area contributed by atoms with E-state index in [0.717, 1.165) is 48.8 Å². The summed E-state index contributed by atoms with van der Waals surface area (Å²) in [6.45, 7) is 8.64. The molecular weight excluding hydrogens is 340 g/mol. The number of benzene rings is 1. The zero-order valence-electron chi connectivity index (χ0n) is 16.4. The normalized spacial score (nSPS) is 17.7. The summed E-state index contributed by atoms with van der Waals surface area (Å²) in [5.74, 6) is 1.36. The van der Waals surface area contributed by atoms with Gasteiger partial charge in [-0.3, -0.25) is 14.8 Å². The van der Waals surface area contributed by atoms with Crippen molar-refractivity contribution in [1.29, 1.82) is 0 Å². The van der Waals surface area contributed by atoms with Gasteiger partial charge in [0.1, 0.15) is 5.75 Å². The maximum absolute atomic E-state index is 12.5.